The van der Waals surface area contributed by atoms with Crippen molar-refractivity contribution in [3.05, 3.63) is 60.2 Å². The molecule has 0 fully saturated rings. The van der Waals surface area contributed by atoms with Crippen LogP contribution in [0, 0.1) is 5.41 Å². The van der Waals surface area contributed by atoms with Crippen LogP contribution >= 0.6 is 0 Å². The summed E-state index contributed by atoms with van der Waals surface area (Å²) >= 11 is 0. The predicted molar refractivity (Wildman–Crippen MR) is 108 cm³/mol. The quantitative estimate of drug-likeness (QED) is 0.488. The summed E-state index contributed by atoms with van der Waals surface area (Å²) < 4.78 is 10.7. The highest BCUT2D eigenvalue weighted by Gasteiger charge is 2.35. The van der Waals surface area contributed by atoms with Gasteiger partial charge in [0.2, 0.25) is 11.8 Å². The van der Waals surface area contributed by atoms with Crippen molar-refractivity contribution in [2.24, 2.45) is 5.41 Å². The minimum atomic E-state index is -1.16. The zero-order valence-electron chi connectivity index (χ0n) is 16.7. The number of hydrogen-bond donors (Lipinski definition) is 2. The third-order valence-electron chi connectivity index (χ3n) is 4.39. The average molecular weight is 384 g/mol. The van der Waals surface area contributed by atoms with Gasteiger partial charge >= 0.3 is 0 Å². The van der Waals surface area contributed by atoms with E-state index in [0.29, 0.717) is 25.4 Å². The summed E-state index contributed by atoms with van der Waals surface area (Å²) in [5.41, 5.74) is -0.0164. The lowest BCUT2D eigenvalue weighted by Gasteiger charge is -2.22. The normalized spacial score (nSPS) is 10.8. The zero-order chi connectivity index (χ0) is 20.4. The Balaban J connectivity index is 1.70. The van der Waals surface area contributed by atoms with Crippen molar-refractivity contribution in [3.8, 4) is 11.5 Å². The highest BCUT2D eigenvalue weighted by Crippen LogP contribution is 2.17. The molecule has 0 aromatic heterocycles. The molecule has 2 aromatic carbocycles. The van der Waals surface area contributed by atoms with E-state index in [-0.39, 0.29) is 11.8 Å². The van der Waals surface area contributed by atoms with Gasteiger partial charge in [-0.1, -0.05) is 30.3 Å². The second-order valence-electron chi connectivity index (χ2n) is 6.90. The standard InChI is InChI=1S/C22H28N2O4/c1-22(2,20(25)23-14-13-17-7-5-4-6-8-17)21(26)24-15-16-28-19-11-9-18(27-3)10-12-19/h4-12H,13-16H2,1-3H3,(H,23,25)(H,24,26). The van der Waals surface area contributed by atoms with Crippen LogP contribution in [-0.2, 0) is 16.0 Å². The second kappa shape index (κ2) is 10.3. The number of rotatable bonds is 10. The maximum Gasteiger partial charge on any atom is 0.235 e. The molecule has 0 aliphatic carbocycles. The number of ether oxygens (including phenoxy) is 2. The Bertz CT molecular complexity index is 758. The van der Waals surface area contributed by atoms with Gasteiger partial charge in [-0.3, -0.25) is 9.59 Å². The molecule has 150 valence electrons. The lowest BCUT2D eigenvalue weighted by atomic mass is 9.91. The molecule has 0 saturated heterocycles. The molecule has 2 rings (SSSR count). The lowest BCUT2D eigenvalue weighted by Crippen LogP contribution is -2.49. The first kappa shape index (κ1) is 21.3. The molecular formula is C22H28N2O4. The van der Waals surface area contributed by atoms with Gasteiger partial charge in [0, 0.05) is 6.54 Å². The van der Waals surface area contributed by atoms with Gasteiger partial charge in [-0.05, 0) is 50.1 Å². The van der Waals surface area contributed by atoms with Crippen LogP contribution in [0.25, 0.3) is 0 Å². The monoisotopic (exact) mass is 384 g/mol. The molecule has 0 spiro atoms. The average Bonchev–Trinajstić information content (AvgIpc) is 2.72. The van der Waals surface area contributed by atoms with Gasteiger partial charge in [-0.25, -0.2) is 0 Å². The largest absolute Gasteiger partial charge is 0.497 e. The van der Waals surface area contributed by atoms with Crippen molar-refractivity contribution in [2.75, 3.05) is 26.8 Å². The van der Waals surface area contributed by atoms with Crippen LogP contribution in [0.4, 0.5) is 0 Å². The summed E-state index contributed by atoms with van der Waals surface area (Å²) in [6.45, 7) is 4.34. The SMILES string of the molecule is COc1ccc(OCCNC(=O)C(C)(C)C(=O)NCCc2ccccc2)cc1. The molecular weight excluding hydrogens is 356 g/mol. The van der Waals surface area contributed by atoms with Crippen LogP contribution in [0.2, 0.25) is 0 Å². The van der Waals surface area contributed by atoms with Crippen molar-refractivity contribution in [2.45, 2.75) is 20.3 Å². The summed E-state index contributed by atoms with van der Waals surface area (Å²) in [7, 11) is 1.60. The van der Waals surface area contributed by atoms with Crippen LogP contribution < -0.4 is 20.1 Å². The molecule has 0 atom stereocenters. The Morgan fingerprint density at radius 1 is 0.857 bits per heavy atom. The maximum atomic E-state index is 12.4. The van der Waals surface area contributed by atoms with E-state index in [9.17, 15) is 9.59 Å². The van der Waals surface area contributed by atoms with Crippen molar-refractivity contribution in [1.29, 1.82) is 0 Å². The predicted octanol–water partition coefficient (Wildman–Crippen LogP) is 2.58. The van der Waals surface area contributed by atoms with Gasteiger partial charge in [0.15, 0.2) is 0 Å². The van der Waals surface area contributed by atoms with Crippen molar-refractivity contribution >= 4 is 11.8 Å². The van der Waals surface area contributed by atoms with Crippen molar-refractivity contribution < 1.29 is 19.1 Å². The summed E-state index contributed by atoms with van der Waals surface area (Å²) in [4.78, 5) is 24.8. The van der Waals surface area contributed by atoms with Crippen molar-refractivity contribution in [1.82, 2.24) is 10.6 Å². The molecule has 6 nitrogen and oxygen atoms in total. The van der Waals surface area contributed by atoms with Gasteiger partial charge in [0.05, 0.1) is 13.7 Å². The minimum Gasteiger partial charge on any atom is -0.497 e. The second-order valence-corrected chi connectivity index (χ2v) is 6.90. The Labute approximate surface area is 166 Å². The van der Waals surface area contributed by atoms with E-state index >= 15 is 0 Å². The van der Waals surface area contributed by atoms with E-state index in [4.69, 9.17) is 9.47 Å². The number of hydrogen-bond acceptors (Lipinski definition) is 4. The van der Waals surface area contributed by atoms with Gasteiger partial charge in [0.25, 0.3) is 0 Å². The summed E-state index contributed by atoms with van der Waals surface area (Å²) in [6.07, 6.45) is 0.722. The summed E-state index contributed by atoms with van der Waals surface area (Å²) in [6, 6.07) is 17.1. The number of carbonyl (C=O) groups is 2. The van der Waals surface area contributed by atoms with Gasteiger partial charge in [-0.2, -0.15) is 0 Å². The fraction of sp³-hybridized carbons (Fsp3) is 0.364. The van der Waals surface area contributed by atoms with E-state index < -0.39 is 5.41 Å². The molecule has 2 amide bonds. The van der Waals surface area contributed by atoms with E-state index in [1.807, 2.05) is 30.3 Å². The van der Waals surface area contributed by atoms with E-state index in [0.717, 1.165) is 17.7 Å². The molecule has 2 N–H and O–H groups in total. The Morgan fingerprint density at radius 2 is 1.43 bits per heavy atom. The van der Waals surface area contributed by atoms with Crippen LogP contribution in [0.15, 0.2) is 54.6 Å². The maximum absolute atomic E-state index is 12.4. The molecule has 0 radical (unpaired) electrons. The number of nitrogens with one attached hydrogen (secondary N) is 2. The van der Waals surface area contributed by atoms with Gasteiger partial charge in [-0.15, -0.1) is 0 Å². The third-order valence-corrected chi connectivity index (χ3v) is 4.39. The van der Waals surface area contributed by atoms with Gasteiger partial charge < -0.3 is 20.1 Å². The van der Waals surface area contributed by atoms with E-state index in [1.54, 1.807) is 45.2 Å². The van der Waals surface area contributed by atoms with Gasteiger partial charge in [0.1, 0.15) is 23.5 Å². The molecule has 0 aliphatic rings. The Morgan fingerprint density at radius 3 is 2.04 bits per heavy atom. The number of carbonyl (C=O) groups excluding carboxylic acids is 2. The van der Waals surface area contributed by atoms with E-state index in [2.05, 4.69) is 10.6 Å². The first-order chi connectivity index (χ1) is 13.4. The molecule has 0 saturated carbocycles. The molecule has 6 heteroatoms. The molecule has 0 bridgehead atoms. The molecule has 0 heterocycles. The molecule has 28 heavy (non-hydrogen) atoms. The van der Waals surface area contributed by atoms with Crippen molar-refractivity contribution in [3.63, 3.8) is 0 Å². The topological polar surface area (TPSA) is 76.7 Å². The van der Waals surface area contributed by atoms with Crippen LogP contribution in [0.5, 0.6) is 11.5 Å². The first-order valence-corrected chi connectivity index (χ1v) is 9.31. The fourth-order valence-corrected chi connectivity index (χ4v) is 2.52. The molecule has 2 aromatic rings. The number of methoxy groups -OCH3 is 1. The van der Waals surface area contributed by atoms with Crippen LogP contribution in [0.3, 0.4) is 0 Å². The third kappa shape index (κ3) is 6.30. The zero-order valence-corrected chi connectivity index (χ0v) is 16.7. The Hall–Kier alpha value is -3.02. The molecule has 0 aliphatic heterocycles. The highest BCUT2D eigenvalue weighted by molar-refractivity contribution is 6.04. The van der Waals surface area contributed by atoms with Crippen LogP contribution in [0.1, 0.15) is 19.4 Å². The lowest BCUT2D eigenvalue weighted by molar-refractivity contribution is -0.141. The minimum absolute atomic E-state index is 0.294. The highest BCUT2D eigenvalue weighted by atomic mass is 16.5. The summed E-state index contributed by atoms with van der Waals surface area (Å²) in [5.74, 6) is 0.814. The first-order valence-electron chi connectivity index (χ1n) is 9.31. The smallest absolute Gasteiger partial charge is 0.235 e. The Kier molecular flexibility index (Phi) is 7.87. The van der Waals surface area contributed by atoms with Crippen LogP contribution in [-0.4, -0.2) is 38.6 Å². The fourth-order valence-electron chi connectivity index (χ4n) is 2.52. The van der Waals surface area contributed by atoms with E-state index in [1.165, 1.54) is 0 Å². The summed E-state index contributed by atoms with van der Waals surface area (Å²) in [5, 5.41) is 5.59. The molecule has 0 unspecified atom stereocenters. The number of amides is 2. The number of benzene rings is 2.